The van der Waals surface area contributed by atoms with Crippen LogP contribution in [0.25, 0.3) is 33.4 Å². The zero-order chi connectivity index (χ0) is 20.2. The second-order valence-electron chi connectivity index (χ2n) is 6.95. The second kappa shape index (κ2) is 8.15. The Bertz CT molecular complexity index is 1160. The number of benzene rings is 4. The molecule has 0 radical (unpaired) electrons. The van der Waals surface area contributed by atoms with Crippen molar-refractivity contribution < 1.29 is 9.53 Å². The van der Waals surface area contributed by atoms with E-state index < -0.39 is 0 Å². The molecule has 0 saturated heterocycles. The Morgan fingerprint density at radius 1 is 0.621 bits per heavy atom. The molecule has 4 aromatic rings. The van der Waals surface area contributed by atoms with Crippen molar-refractivity contribution in [1.29, 1.82) is 0 Å². The Hall–Kier alpha value is -3.65. The lowest BCUT2D eigenvalue weighted by Crippen LogP contribution is -2.05. The predicted molar refractivity (Wildman–Crippen MR) is 119 cm³/mol. The van der Waals surface area contributed by atoms with E-state index in [1.807, 2.05) is 43.3 Å². The van der Waals surface area contributed by atoms with Crippen molar-refractivity contribution in [1.82, 2.24) is 0 Å². The summed E-state index contributed by atoms with van der Waals surface area (Å²) in [7, 11) is 1.42. The predicted octanol–water partition coefficient (Wildman–Crippen LogP) is 6.78. The zero-order valence-corrected chi connectivity index (χ0v) is 16.6. The fraction of sp³-hybridized carbons (Fsp3) is 0.0741. The van der Waals surface area contributed by atoms with Crippen LogP contribution in [0.5, 0.6) is 0 Å². The SMILES string of the molecule is COC(=O)c1cccc(C)c1-c1ccccc1-c1ccccc1-c1ccccc1. The summed E-state index contributed by atoms with van der Waals surface area (Å²) >= 11 is 0. The lowest BCUT2D eigenvalue weighted by molar-refractivity contribution is 0.0601. The van der Waals surface area contributed by atoms with Crippen LogP contribution in [-0.4, -0.2) is 13.1 Å². The van der Waals surface area contributed by atoms with Crippen molar-refractivity contribution in [3.05, 3.63) is 108 Å². The number of aryl methyl sites for hydroxylation is 1. The highest BCUT2D eigenvalue weighted by Crippen LogP contribution is 2.40. The number of carbonyl (C=O) groups excluding carboxylic acids is 1. The molecule has 0 aliphatic heterocycles. The largest absolute Gasteiger partial charge is 0.465 e. The zero-order valence-electron chi connectivity index (χ0n) is 16.6. The molecule has 0 heterocycles. The van der Waals surface area contributed by atoms with Gasteiger partial charge in [0.25, 0.3) is 0 Å². The molecule has 0 amide bonds. The van der Waals surface area contributed by atoms with Crippen molar-refractivity contribution in [3.63, 3.8) is 0 Å². The summed E-state index contributed by atoms with van der Waals surface area (Å²) in [6.07, 6.45) is 0. The van der Waals surface area contributed by atoms with Crippen molar-refractivity contribution in [2.24, 2.45) is 0 Å². The van der Waals surface area contributed by atoms with E-state index in [9.17, 15) is 4.79 Å². The third-order valence-electron chi connectivity index (χ3n) is 5.18. The van der Waals surface area contributed by atoms with E-state index in [1.54, 1.807) is 0 Å². The van der Waals surface area contributed by atoms with Crippen LogP contribution in [0.1, 0.15) is 15.9 Å². The normalized spacial score (nSPS) is 10.6. The van der Waals surface area contributed by atoms with Gasteiger partial charge >= 0.3 is 5.97 Å². The average molecular weight is 378 g/mol. The molecule has 0 bridgehead atoms. The van der Waals surface area contributed by atoms with Gasteiger partial charge in [0, 0.05) is 0 Å². The summed E-state index contributed by atoms with van der Waals surface area (Å²) in [6.45, 7) is 2.03. The molecule has 0 spiro atoms. The van der Waals surface area contributed by atoms with Gasteiger partial charge in [-0.25, -0.2) is 4.79 Å². The molecule has 2 heteroatoms. The molecule has 4 aromatic carbocycles. The number of esters is 1. The van der Waals surface area contributed by atoms with Gasteiger partial charge in [-0.05, 0) is 51.9 Å². The van der Waals surface area contributed by atoms with E-state index in [4.69, 9.17) is 4.74 Å². The van der Waals surface area contributed by atoms with Crippen LogP contribution in [0.2, 0.25) is 0 Å². The van der Waals surface area contributed by atoms with Crippen LogP contribution in [0, 0.1) is 6.92 Å². The maximum atomic E-state index is 12.5. The van der Waals surface area contributed by atoms with Gasteiger partial charge in [-0.3, -0.25) is 0 Å². The van der Waals surface area contributed by atoms with Gasteiger partial charge in [-0.2, -0.15) is 0 Å². The first-order valence-corrected chi connectivity index (χ1v) is 9.63. The Labute approximate surface area is 171 Å². The molecular formula is C27H22O2. The first-order valence-electron chi connectivity index (χ1n) is 9.63. The number of rotatable bonds is 4. The Balaban J connectivity index is 1.98. The van der Waals surface area contributed by atoms with Crippen LogP contribution in [0.3, 0.4) is 0 Å². The van der Waals surface area contributed by atoms with Crippen LogP contribution in [0.15, 0.2) is 97.1 Å². The molecule has 0 unspecified atom stereocenters. The highest BCUT2D eigenvalue weighted by molar-refractivity contribution is 6.02. The monoisotopic (exact) mass is 378 g/mol. The highest BCUT2D eigenvalue weighted by Gasteiger charge is 2.19. The smallest absolute Gasteiger partial charge is 0.338 e. The topological polar surface area (TPSA) is 26.3 Å². The minimum atomic E-state index is -0.324. The lowest BCUT2D eigenvalue weighted by atomic mass is 9.86. The summed E-state index contributed by atoms with van der Waals surface area (Å²) in [4.78, 5) is 12.5. The molecule has 2 nitrogen and oxygen atoms in total. The minimum absolute atomic E-state index is 0.324. The van der Waals surface area contributed by atoms with Gasteiger partial charge in [0.15, 0.2) is 0 Å². The van der Waals surface area contributed by atoms with Crippen molar-refractivity contribution in [2.45, 2.75) is 6.92 Å². The summed E-state index contributed by atoms with van der Waals surface area (Å²) in [5, 5.41) is 0. The van der Waals surface area contributed by atoms with Crippen molar-refractivity contribution in [3.8, 4) is 33.4 Å². The molecule has 0 aliphatic carbocycles. The van der Waals surface area contributed by atoms with Crippen LogP contribution >= 0.6 is 0 Å². The first kappa shape index (κ1) is 18.7. The van der Waals surface area contributed by atoms with Gasteiger partial charge in [0.05, 0.1) is 12.7 Å². The van der Waals surface area contributed by atoms with Crippen molar-refractivity contribution in [2.75, 3.05) is 7.11 Å². The molecule has 0 fully saturated rings. The van der Waals surface area contributed by atoms with E-state index >= 15 is 0 Å². The Morgan fingerprint density at radius 2 is 1.17 bits per heavy atom. The molecule has 0 saturated carbocycles. The fourth-order valence-electron chi connectivity index (χ4n) is 3.83. The van der Waals surface area contributed by atoms with E-state index in [2.05, 4.69) is 60.7 Å². The Kier molecular flexibility index (Phi) is 5.26. The van der Waals surface area contributed by atoms with E-state index in [1.165, 1.54) is 7.11 Å². The molecule has 29 heavy (non-hydrogen) atoms. The Morgan fingerprint density at radius 3 is 1.83 bits per heavy atom. The van der Waals surface area contributed by atoms with Crippen LogP contribution in [0.4, 0.5) is 0 Å². The number of carbonyl (C=O) groups is 1. The van der Waals surface area contributed by atoms with Gasteiger partial charge in [-0.1, -0.05) is 91.0 Å². The first-order chi connectivity index (χ1) is 14.2. The minimum Gasteiger partial charge on any atom is -0.465 e. The molecule has 4 rings (SSSR count). The summed E-state index contributed by atoms with van der Waals surface area (Å²) in [6, 6.07) is 32.7. The third kappa shape index (κ3) is 3.57. The fourth-order valence-corrected chi connectivity index (χ4v) is 3.83. The highest BCUT2D eigenvalue weighted by atomic mass is 16.5. The van der Waals surface area contributed by atoms with E-state index in [-0.39, 0.29) is 5.97 Å². The third-order valence-corrected chi connectivity index (χ3v) is 5.18. The standard InChI is InChI=1S/C27H22O2/c1-19-11-10-18-25(27(28)29-2)26(19)24-17-9-8-16-23(24)22-15-7-6-14-21(22)20-12-4-3-5-13-20/h3-18H,1-2H3. The van der Waals surface area contributed by atoms with Gasteiger partial charge < -0.3 is 4.74 Å². The quantitative estimate of drug-likeness (QED) is 0.366. The van der Waals surface area contributed by atoms with Gasteiger partial charge in [0.1, 0.15) is 0 Å². The molecule has 0 atom stereocenters. The van der Waals surface area contributed by atoms with E-state index in [0.717, 1.165) is 38.9 Å². The second-order valence-corrected chi connectivity index (χ2v) is 6.95. The molecule has 0 aliphatic rings. The molecular weight excluding hydrogens is 356 g/mol. The maximum Gasteiger partial charge on any atom is 0.338 e. The van der Waals surface area contributed by atoms with E-state index in [0.29, 0.717) is 5.56 Å². The van der Waals surface area contributed by atoms with Crippen LogP contribution in [-0.2, 0) is 4.74 Å². The maximum absolute atomic E-state index is 12.5. The number of ether oxygens (including phenoxy) is 1. The molecule has 142 valence electrons. The average Bonchev–Trinajstić information content (AvgIpc) is 2.79. The summed E-state index contributed by atoms with van der Waals surface area (Å²) in [5.41, 5.74) is 8.10. The number of hydrogen-bond acceptors (Lipinski definition) is 2. The summed E-state index contributed by atoms with van der Waals surface area (Å²) < 4.78 is 5.05. The van der Waals surface area contributed by atoms with Gasteiger partial charge in [-0.15, -0.1) is 0 Å². The van der Waals surface area contributed by atoms with Crippen LogP contribution < -0.4 is 0 Å². The lowest BCUT2D eigenvalue weighted by Gasteiger charge is -2.18. The van der Waals surface area contributed by atoms with Crippen molar-refractivity contribution >= 4 is 5.97 Å². The number of methoxy groups -OCH3 is 1. The molecule has 0 N–H and O–H groups in total. The van der Waals surface area contributed by atoms with Gasteiger partial charge in [0.2, 0.25) is 0 Å². The summed E-state index contributed by atoms with van der Waals surface area (Å²) in [5.74, 6) is -0.324. The molecule has 0 aromatic heterocycles. The number of hydrogen-bond donors (Lipinski definition) is 0.